The number of hydrogen-bond donors (Lipinski definition) is 1. The first-order valence-electron chi connectivity index (χ1n) is 8.53. The number of aliphatic carboxylic acids is 1. The number of hydrogen-bond acceptors (Lipinski definition) is 5. The van der Waals surface area contributed by atoms with Gasteiger partial charge in [0.2, 0.25) is 12.0 Å². The number of rotatable bonds is 6. The van der Waals surface area contributed by atoms with Crippen molar-refractivity contribution in [1.82, 2.24) is 0 Å². The number of amides is 1. The van der Waals surface area contributed by atoms with E-state index >= 15 is 0 Å². The predicted molar refractivity (Wildman–Crippen MR) is 98.7 cm³/mol. The van der Waals surface area contributed by atoms with E-state index in [0.717, 1.165) is 5.56 Å². The third kappa shape index (κ3) is 3.97. The van der Waals surface area contributed by atoms with Crippen molar-refractivity contribution in [2.24, 2.45) is 0 Å². The summed E-state index contributed by atoms with van der Waals surface area (Å²) in [6, 6.07) is 12.5. The van der Waals surface area contributed by atoms with E-state index in [9.17, 15) is 14.7 Å². The maximum atomic E-state index is 12.8. The van der Waals surface area contributed by atoms with Gasteiger partial charge >= 0.3 is 5.97 Å². The van der Waals surface area contributed by atoms with Crippen molar-refractivity contribution in [3.05, 3.63) is 48.0 Å². The van der Waals surface area contributed by atoms with Crippen LogP contribution in [0.3, 0.4) is 0 Å². The lowest BCUT2D eigenvalue weighted by molar-refractivity contribution is -0.145. The number of nitrogens with zero attached hydrogens (tertiary/aromatic N) is 1. The summed E-state index contributed by atoms with van der Waals surface area (Å²) in [6.07, 6.45) is -0.350. The molecule has 0 radical (unpaired) electrons. The highest BCUT2D eigenvalue weighted by Gasteiger charge is 2.33. The molecule has 1 aliphatic heterocycles. The first kappa shape index (κ1) is 18.6. The minimum absolute atomic E-state index is 0.0168. The number of carboxylic acid groups (broad SMARTS) is 1. The van der Waals surface area contributed by atoms with E-state index in [2.05, 4.69) is 0 Å². The molecule has 1 amide bonds. The van der Waals surface area contributed by atoms with Gasteiger partial charge in [0.1, 0.15) is 5.75 Å². The zero-order valence-electron chi connectivity index (χ0n) is 15.2. The van der Waals surface area contributed by atoms with Crippen LogP contribution in [-0.2, 0) is 16.0 Å². The number of benzene rings is 2. The molecule has 1 heterocycles. The Morgan fingerprint density at radius 1 is 1.15 bits per heavy atom. The van der Waals surface area contributed by atoms with Gasteiger partial charge in [-0.25, -0.2) is 4.79 Å². The number of aryl methyl sites for hydroxylation is 1. The van der Waals surface area contributed by atoms with Crippen molar-refractivity contribution in [3.8, 4) is 17.2 Å². The van der Waals surface area contributed by atoms with E-state index in [-0.39, 0.29) is 18.9 Å². The van der Waals surface area contributed by atoms with E-state index in [1.165, 1.54) is 4.90 Å². The number of carboxylic acids is 1. The molecule has 142 valence electrons. The number of ether oxygens (including phenoxy) is 3. The second-order valence-corrected chi connectivity index (χ2v) is 6.11. The highest BCUT2D eigenvalue weighted by Crippen LogP contribution is 2.34. The van der Waals surface area contributed by atoms with Crippen LogP contribution in [-0.4, -0.2) is 43.9 Å². The molecule has 0 saturated carbocycles. The van der Waals surface area contributed by atoms with E-state index < -0.39 is 12.1 Å². The van der Waals surface area contributed by atoms with E-state index in [1.807, 2.05) is 12.1 Å². The molecule has 0 fully saturated rings. The van der Waals surface area contributed by atoms with Crippen molar-refractivity contribution in [2.75, 3.05) is 25.7 Å². The third-order valence-corrected chi connectivity index (χ3v) is 4.43. The van der Waals surface area contributed by atoms with Gasteiger partial charge in [0.25, 0.3) is 0 Å². The Morgan fingerprint density at radius 2 is 1.89 bits per heavy atom. The van der Waals surface area contributed by atoms with Crippen LogP contribution in [0.15, 0.2) is 42.5 Å². The molecule has 2 aromatic rings. The number of fused-ring (bicyclic) bond motifs is 1. The molecular weight excluding hydrogens is 350 g/mol. The van der Waals surface area contributed by atoms with Gasteiger partial charge in [0.15, 0.2) is 11.5 Å². The van der Waals surface area contributed by atoms with Gasteiger partial charge < -0.3 is 24.2 Å². The number of methoxy groups -OCH3 is 2. The number of carbonyl (C=O) groups excluding carboxylic acids is 1. The zero-order valence-corrected chi connectivity index (χ0v) is 15.2. The van der Waals surface area contributed by atoms with E-state index in [4.69, 9.17) is 14.2 Å². The summed E-state index contributed by atoms with van der Waals surface area (Å²) in [4.78, 5) is 25.6. The van der Waals surface area contributed by atoms with Gasteiger partial charge in [-0.3, -0.25) is 4.79 Å². The fourth-order valence-electron chi connectivity index (χ4n) is 3.02. The van der Waals surface area contributed by atoms with Gasteiger partial charge in [-0.15, -0.1) is 0 Å². The molecule has 27 heavy (non-hydrogen) atoms. The van der Waals surface area contributed by atoms with Gasteiger partial charge in [0.05, 0.1) is 26.5 Å². The molecule has 2 aromatic carbocycles. The van der Waals surface area contributed by atoms with Crippen LogP contribution in [0.1, 0.15) is 12.0 Å². The Labute approximate surface area is 157 Å². The van der Waals surface area contributed by atoms with Crippen LogP contribution in [0.5, 0.6) is 17.2 Å². The lowest BCUT2D eigenvalue weighted by Gasteiger charge is -2.33. The Morgan fingerprint density at radius 3 is 2.59 bits per heavy atom. The lowest BCUT2D eigenvalue weighted by atomic mass is 10.1. The molecule has 1 N–H and O–H groups in total. The quantitative estimate of drug-likeness (QED) is 0.840. The van der Waals surface area contributed by atoms with Crippen LogP contribution in [0.25, 0.3) is 0 Å². The monoisotopic (exact) mass is 371 g/mol. The summed E-state index contributed by atoms with van der Waals surface area (Å²) in [5, 5.41) is 9.29. The first-order chi connectivity index (χ1) is 13.0. The molecule has 0 spiro atoms. The maximum absolute atomic E-state index is 12.8. The third-order valence-electron chi connectivity index (χ3n) is 4.43. The predicted octanol–water partition coefficient (Wildman–Crippen LogP) is 2.52. The lowest BCUT2D eigenvalue weighted by Crippen LogP contribution is -2.47. The molecule has 7 heteroatoms. The summed E-state index contributed by atoms with van der Waals surface area (Å²) in [5.74, 6) is 0.369. The molecule has 0 saturated heterocycles. The first-order valence-corrected chi connectivity index (χ1v) is 8.53. The summed E-state index contributed by atoms with van der Waals surface area (Å²) in [5.41, 5.74) is 1.52. The zero-order chi connectivity index (χ0) is 19.4. The normalized spacial score (nSPS) is 15.5. The molecule has 0 unspecified atom stereocenters. The molecule has 1 atom stereocenters. The van der Waals surface area contributed by atoms with Crippen LogP contribution >= 0.6 is 0 Å². The minimum atomic E-state index is -1.10. The fraction of sp³-hybridized carbons (Fsp3) is 0.300. The molecule has 1 aliphatic rings. The molecule has 7 nitrogen and oxygen atoms in total. The SMILES string of the molecule is COc1ccc(CCC(=O)N2C[C@H](C(=O)O)Oc3ccccc32)cc1OC. The van der Waals surface area contributed by atoms with E-state index in [0.29, 0.717) is 29.4 Å². The summed E-state index contributed by atoms with van der Waals surface area (Å²) >= 11 is 0. The standard InChI is InChI=1S/C20H21NO6/c1-25-16-9-7-13(11-17(16)26-2)8-10-19(22)21-12-18(20(23)24)27-15-6-4-3-5-14(15)21/h3-7,9,11,18H,8,10,12H2,1-2H3,(H,23,24)/t18-/m1/s1. The Balaban J connectivity index is 1.75. The second-order valence-electron chi connectivity index (χ2n) is 6.11. The highest BCUT2D eigenvalue weighted by atomic mass is 16.5. The van der Waals surface area contributed by atoms with Crippen molar-refractivity contribution in [3.63, 3.8) is 0 Å². The number of carbonyl (C=O) groups is 2. The minimum Gasteiger partial charge on any atom is -0.493 e. The summed E-state index contributed by atoms with van der Waals surface area (Å²) in [6.45, 7) is -0.0168. The Bertz CT molecular complexity index is 850. The topological polar surface area (TPSA) is 85.3 Å². The maximum Gasteiger partial charge on any atom is 0.346 e. The van der Waals surface area contributed by atoms with Crippen LogP contribution in [0.2, 0.25) is 0 Å². The largest absolute Gasteiger partial charge is 0.493 e. The molecular formula is C20H21NO6. The average molecular weight is 371 g/mol. The average Bonchev–Trinajstić information content (AvgIpc) is 2.70. The van der Waals surface area contributed by atoms with Gasteiger partial charge in [0, 0.05) is 6.42 Å². The Hall–Kier alpha value is -3.22. The van der Waals surface area contributed by atoms with Gasteiger partial charge in [-0.1, -0.05) is 18.2 Å². The van der Waals surface area contributed by atoms with Crippen molar-refractivity contribution in [2.45, 2.75) is 18.9 Å². The van der Waals surface area contributed by atoms with Gasteiger partial charge in [-0.05, 0) is 36.2 Å². The van der Waals surface area contributed by atoms with Crippen LogP contribution in [0.4, 0.5) is 5.69 Å². The smallest absolute Gasteiger partial charge is 0.346 e. The van der Waals surface area contributed by atoms with Crippen LogP contribution < -0.4 is 19.1 Å². The fourth-order valence-corrected chi connectivity index (χ4v) is 3.02. The van der Waals surface area contributed by atoms with Crippen molar-refractivity contribution in [1.29, 1.82) is 0 Å². The number of anilines is 1. The molecule has 3 rings (SSSR count). The summed E-state index contributed by atoms with van der Waals surface area (Å²) in [7, 11) is 3.12. The van der Waals surface area contributed by atoms with Gasteiger partial charge in [-0.2, -0.15) is 0 Å². The second kappa shape index (κ2) is 7.99. The molecule has 0 aromatic heterocycles. The van der Waals surface area contributed by atoms with Crippen LogP contribution in [0, 0.1) is 0 Å². The highest BCUT2D eigenvalue weighted by molar-refractivity contribution is 5.96. The molecule has 0 bridgehead atoms. The Kier molecular flexibility index (Phi) is 5.49. The van der Waals surface area contributed by atoms with Crippen molar-refractivity contribution >= 4 is 17.6 Å². The molecule has 0 aliphatic carbocycles. The summed E-state index contributed by atoms with van der Waals surface area (Å²) < 4.78 is 16.0. The number of para-hydroxylation sites is 2. The van der Waals surface area contributed by atoms with Crippen molar-refractivity contribution < 1.29 is 28.9 Å². The van der Waals surface area contributed by atoms with E-state index in [1.54, 1.807) is 44.6 Å².